The van der Waals surface area contributed by atoms with Crippen LogP contribution >= 0.6 is 0 Å². The molecule has 0 aliphatic rings. The van der Waals surface area contributed by atoms with E-state index in [1.165, 1.54) is 6.07 Å². The highest BCUT2D eigenvalue weighted by Gasteiger charge is 2.15. The van der Waals surface area contributed by atoms with E-state index in [4.69, 9.17) is 5.73 Å². The highest BCUT2D eigenvalue weighted by molar-refractivity contribution is 5.79. The van der Waals surface area contributed by atoms with Crippen LogP contribution in [0.15, 0.2) is 43.0 Å². The Labute approximate surface area is 147 Å². The van der Waals surface area contributed by atoms with Crippen LogP contribution in [-0.4, -0.2) is 34.2 Å². The van der Waals surface area contributed by atoms with Crippen LogP contribution in [0.2, 0.25) is 0 Å². The number of rotatable bonds is 4. The minimum atomic E-state index is -0.409. The van der Waals surface area contributed by atoms with Gasteiger partial charge in [-0.25, -0.2) is 9.67 Å². The Bertz CT molecular complexity index is 1120. The topological polar surface area (TPSA) is 131 Å². The molecule has 0 atom stereocenters. The molecule has 0 saturated carbocycles. The van der Waals surface area contributed by atoms with Crippen molar-refractivity contribution in [2.45, 2.75) is 13.5 Å². The number of hydrogen-bond acceptors (Lipinski definition) is 7. The molecule has 0 unspecified atom stereocenters. The van der Waals surface area contributed by atoms with E-state index in [0.717, 1.165) is 11.1 Å². The van der Waals surface area contributed by atoms with Crippen LogP contribution < -0.4 is 5.73 Å². The summed E-state index contributed by atoms with van der Waals surface area (Å²) >= 11 is 0. The summed E-state index contributed by atoms with van der Waals surface area (Å²) < 4.78 is 3.41. The molecule has 0 aliphatic carbocycles. The average molecular weight is 350 g/mol. The van der Waals surface area contributed by atoms with Gasteiger partial charge in [-0.05, 0) is 24.1 Å². The van der Waals surface area contributed by atoms with Gasteiger partial charge in [0.15, 0.2) is 17.0 Å². The number of nitrogen functional groups attached to an aromatic ring is 1. The van der Waals surface area contributed by atoms with Gasteiger partial charge in [-0.1, -0.05) is 6.07 Å². The molecule has 3 heterocycles. The fraction of sp³-hybridized carbons (Fsp3) is 0.125. The predicted octanol–water partition coefficient (Wildman–Crippen LogP) is 1.86. The van der Waals surface area contributed by atoms with E-state index in [1.807, 2.05) is 11.5 Å². The van der Waals surface area contributed by atoms with E-state index in [0.29, 0.717) is 23.5 Å². The summed E-state index contributed by atoms with van der Waals surface area (Å²) in [5, 5.41) is 15.1. The van der Waals surface area contributed by atoms with E-state index in [2.05, 4.69) is 20.1 Å². The molecule has 2 N–H and O–H groups in total. The van der Waals surface area contributed by atoms with Gasteiger partial charge in [-0.15, -0.1) is 0 Å². The molecule has 0 amide bonds. The van der Waals surface area contributed by atoms with Crippen LogP contribution in [0.5, 0.6) is 0 Å². The summed E-state index contributed by atoms with van der Waals surface area (Å²) in [7, 11) is 0. The summed E-state index contributed by atoms with van der Waals surface area (Å²) in [6.45, 7) is 2.29. The van der Waals surface area contributed by atoms with Gasteiger partial charge in [0.25, 0.3) is 5.69 Å². The Morgan fingerprint density at radius 1 is 1.31 bits per heavy atom. The summed E-state index contributed by atoms with van der Waals surface area (Å²) in [4.78, 5) is 23.4. The number of nitro benzene ring substituents is 1. The molecule has 26 heavy (non-hydrogen) atoms. The van der Waals surface area contributed by atoms with Crippen molar-refractivity contribution in [2.24, 2.45) is 0 Å². The molecule has 0 spiro atoms. The van der Waals surface area contributed by atoms with Crippen LogP contribution in [0.3, 0.4) is 0 Å². The Kier molecular flexibility index (Phi) is 3.57. The second kappa shape index (κ2) is 5.92. The molecule has 0 bridgehead atoms. The molecular weight excluding hydrogens is 336 g/mol. The molecular formula is C16H14N8O2. The summed E-state index contributed by atoms with van der Waals surface area (Å²) in [5.74, 6) is 0.613. The van der Waals surface area contributed by atoms with Crippen molar-refractivity contribution < 1.29 is 4.92 Å². The maximum absolute atomic E-state index is 10.9. The highest BCUT2D eigenvalue weighted by atomic mass is 16.6. The number of nitrogens with zero attached hydrogens (tertiary/aromatic N) is 7. The molecule has 0 aliphatic heterocycles. The van der Waals surface area contributed by atoms with Crippen molar-refractivity contribution in [3.63, 3.8) is 0 Å². The van der Waals surface area contributed by atoms with Crippen molar-refractivity contribution in [1.29, 1.82) is 0 Å². The van der Waals surface area contributed by atoms with Crippen molar-refractivity contribution >= 4 is 22.8 Å². The Morgan fingerprint density at radius 3 is 2.85 bits per heavy atom. The minimum Gasteiger partial charge on any atom is -0.368 e. The maximum atomic E-state index is 10.9. The number of benzene rings is 1. The molecule has 3 aromatic heterocycles. The molecule has 130 valence electrons. The van der Waals surface area contributed by atoms with E-state index < -0.39 is 4.92 Å². The van der Waals surface area contributed by atoms with Gasteiger partial charge in [-0.2, -0.15) is 15.1 Å². The van der Waals surface area contributed by atoms with Crippen LogP contribution in [-0.2, 0) is 6.54 Å². The van der Waals surface area contributed by atoms with Crippen LogP contribution in [0.1, 0.15) is 11.1 Å². The standard InChI is InChI=1S/C16H14N8O2/c1-10-7-12(24(25)26)4-3-11(10)8-22-9-18-13-14(22)20-16(17)21-15(13)23-6-2-5-19-23/h2-7,9H,8H2,1H3,(H2,17,20,21). The molecule has 4 rings (SSSR count). The molecule has 4 aromatic rings. The Hall–Kier alpha value is -3.82. The van der Waals surface area contributed by atoms with Crippen LogP contribution in [0, 0.1) is 17.0 Å². The summed E-state index contributed by atoms with van der Waals surface area (Å²) in [5.41, 5.74) is 8.80. The van der Waals surface area contributed by atoms with Gasteiger partial charge in [0.1, 0.15) is 0 Å². The van der Waals surface area contributed by atoms with Crippen molar-refractivity contribution in [3.05, 3.63) is 64.2 Å². The Morgan fingerprint density at radius 2 is 2.15 bits per heavy atom. The zero-order chi connectivity index (χ0) is 18.3. The lowest BCUT2D eigenvalue weighted by atomic mass is 10.1. The molecule has 0 saturated heterocycles. The number of imidazole rings is 1. The van der Waals surface area contributed by atoms with E-state index >= 15 is 0 Å². The summed E-state index contributed by atoms with van der Waals surface area (Å²) in [6, 6.07) is 6.55. The van der Waals surface area contributed by atoms with E-state index in [9.17, 15) is 10.1 Å². The predicted molar refractivity (Wildman–Crippen MR) is 93.8 cm³/mol. The normalized spacial score (nSPS) is 11.1. The first-order valence-electron chi connectivity index (χ1n) is 7.75. The quantitative estimate of drug-likeness (QED) is 0.439. The smallest absolute Gasteiger partial charge is 0.269 e. The third-order valence-electron chi connectivity index (χ3n) is 4.06. The molecule has 1 aromatic carbocycles. The largest absolute Gasteiger partial charge is 0.368 e. The first kappa shape index (κ1) is 15.7. The molecule has 10 heteroatoms. The second-order valence-corrected chi connectivity index (χ2v) is 5.77. The van der Waals surface area contributed by atoms with Gasteiger partial charge in [0.05, 0.1) is 17.8 Å². The first-order chi connectivity index (χ1) is 12.5. The van der Waals surface area contributed by atoms with Gasteiger partial charge in [-0.3, -0.25) is 10.1 Å². The number of nitro groups is 1. The molecule has 0 radical (unpaired) electrons. The van der Waals surface area contributed by atoms with Gasteiger partial charge in [0.2, 0.25) is 5.95 Å². The van der Waals surface area contributed by atoms with Gasteiger partial charge >= 0.3 is 0 Å². The highest BCUT2D eigenvalue weighted by Crippen LogP contribution is 2.22. The lowest BCUT2D eigenvalue weighted by Gasteiger charge is -2.08. The zero-order valence-corrected chi connectivity index (χ0v) is 13.8. The lowest BCUT2D eigenvalue weighted by molar-refractivity contribution is -0.384. The second-order valence-electron chi connectivity index (χ2n) is 5.77. The average Bonchev–Trinajstić information content (AvgIpc) is 3.26. The third kappa shape index (κ3) is 2.62. The van der Waals surface area contributed by atoms with Crippen molar-refractivity contribution in [1.82, 2.24) is 29.3 Å². The van der Waals surface area contributed by atoms with Crippen molar-refractivity contribution in [2.75, 3.05) is 5.73 Å². The number of aromatic nitrogens is 6. The third-order valence-corrected chi connectivity index (χ3v) is 4.06. The van der Waals surface area contributed by atoms with Gasteiger partial charge < -0.3 is 10.3 Å². The molecule has 10 nitrogen and oxygen atoms in total. The molecule has 0 fully saturated rings. The number of nitrogens with two attached hydrogens (primary N) is 1. The fourth-order valence-corrected chi connectivity index (χ4v) is 2.77. The number of fused-ring (bicyclic) bond motifs is 1. The fourth-order valence-electron chi connectivity index (χ4n) is 2.77. The number of anilines is 1. The lowest BCUT2D eigenvalue weighted by Crippen LogP contribution is -2.07. The number of hydrogen-bond donors (Lipinski definition) is 1. The van der Waals surface area contributed by atoms with E-state index in [1.54, 1.807) is 41.6 Å². The van der Waals surface area contributed by atoms with E-state index in [-0.39, 0.29) is 11.6 Å². The first-order valence-corrected chi connectivity index (χ1v) is 7.75. The maximum Gasteiger partial charge on any atom is 0.269 e. The van der Waals surface area contributed by atoms with Gasteiger partial charge in [0, 0.05) is 24.5 Å². The minimum absolute atomic E-state index is 0.0641. The number of non-ortho nitro benzene ring substituents is 1. The van der Waals surface area contributed by atoms with Crippen molar-refractivity contribution in [3.8, 4) is 5.82 Å². The monoisotopic (exact) mass is 350 g/mol. The summed E-state index contributed by atoms with van der Waals surface area (Å²) in [6.07, 6.45) is 5.04. The zero-order valence-electron chi connectivity index (χ0n) is 13.8. The van der Waals surface area contributed by atoms with Crippen LogP contribution in [0.25, 0.3) is 17.0 Å². The SMILES string of the molecule is Cc1cc([N+](=O)[O-])ccc1Cn1cnc2c(-n3cccn3)nc(N)nc21. The number of aryl methyl sites for hydroxylation is 1. The Balaban J connectivity index is 1.78. The van der Waals surface area contributed by atoms with Crippen LogP contribution in [0.4, 0.5) is 11.6 Å².